The van der Waals surface area contributed by atoms with Crippen molar-refractivity contribution in [2.24, 2.45) is 0 Å². The summed E-state index contributed by atoms with van der Waals surface area (Å²) in [5.41, 5.74) is 0. The summed E-state index contributed by atoms with van der Waals surface area (Å²) in [6.45, 7) is -0.833. The lowest BCUT2D eigenvalue weighted by atomic mass is 10.3. The normalized spacial score (nSPS) is 16.3. The molecule has 2 N–H and O–H groups in total. The number of halogens is 3. The average molecular weight is 430 g/mol. The molecule has 27 heavy (non-hydrogen) atoms. The van der Waals surface area contributed by atoms with Gasteiger partial charge in [-0.05, 0) is 12.1 Å². The predicted octanol–water partition coefficient (Wildman–Crippen LogP) is -0.215. The molecule has 0 radical (unpaired) electrons. The third-order valence-corrected chi connectivity index (χ3v) is 6.19. The molecule has 0 spiro atoms. The molecule has 152 valence electrons. The summed E-state index contributed by atoms with van der Waals surface area (Å²) in [5, 5.41) is 2.40. The molecule has 0 aliphatic carbocycles. The Kier molecular flexibility index (Phi) is 6.67. The summed E-state index contributed by atoms with van der Waals surface area (Å²) in [6.07, 6.45) is 0. The summed E-state index contributed by atoms with van der Waals surface area (Å²) >= 11 is 0. The van der Waals surface area contributed by atoms with Gasteiger partial charge < -0.3 is 10.2 Å². The van der Waals surface area contributed by atoms with Crippen molar-refractivity contribution in [2.75, 3.05) is 39.3 Å². The number of nitrogens with one attached hydrogen (secondary N) is 2. The second-order valence-electron chi connectivity index (χ2n) is 5.53. The van der Waals surface area contributed by atoms with Gasteiger partial charge in [-0.2, -0.15) is 12.7 Å². The number of carbonyl (C=O) groups is 1. The molecule has 0 saturated carbocycles. The van der Waals surface area contributed by atoms with E-state index in [0.29, 0.717) is 10.4 Å². The minimum absolute atomic E-state index is 0.0263. The summed E-state index contributed by atoms with van der Waals surface area (Å²) < 4.78 is 87.2. The van der Waals surface area contributed by atoms with Crippen molar-refractivity contribution < 1.29 is 34.3 Å². The number of urea groups is 1. The van der Waals surface area contributed by atoms with Crippen molar-refractivity contribution in [1.82, 2.24) is 19.2 Å². The van der Waals surface area contributed by atoms with Crippen molar-refractivity contribution in [3.63, 3.8) is 0 Å². The van der Waals surface area contributed by atoms with Gasteiger partial charge in [0.25, 0.3) is 0 Å². The van der Waals surface area contributed by atoms with Crippen molar-refractivity contribution >= 4 is 26.5 Å². The molecule has 1 aliphatic rings. The molecule has 1 heterocycles. The zero-order chi connectivity index (χ0) is 20.2. The van der Waals surface area contributed by atoms with Crippen LogP contribution in [-0.2, 0) is 20.4 Å². The molecule has 0 atom stereocenters. The van der Waals surface area contributed by atoms with E-state index in [1.807, 2.05) is 0 Å². The Balaban J connectivity index is 1.79. The number of benzene rings is 1. The van der Waals surface area contributed by atoms with E-state index in [1.54, 1.807) is 0 Å². The van der Waals surface area contributed by atoms with Gasteiger partial charge in [0.2, 0.25) is 10.0 Å². The Morgan fingerprint density at radius 1 is 1.04 bits per heavy atom. The monoisotopic (exact) mass is 430 g/mol. The van der Waals surface area contributed by atoms with Gasteiger partial charge in [-0.25, -0.2) is 26.7 Å². The largest absolute Gasteiger partial charge is 0.374 e. The Morgan fingerprint density at radius 3 is 2.22 bits per heavy atom. The van der Waals surface area contributed by atoms with Crippen LogP contribution in [0.5, 0.6) is 0 Å². The van der Waals surface area contributed by atoms with Crippen LogP contribution in [0.25, 0.3) is 0 Å². The first-order valence-electron chi connectivity index (χ1n) is 7.68. The van der Waals surface area contributed by atoms with Gasteiger partial charge in [-0.3, -0.25) is 0 Å². The number of sulfonamides is 1. The van der Waals surface area contributed by atoms with Crippen molar-refractivity contribution in [2.45, 2.75) is 4.90 Å². The second kappa shape index (κ2) is 8.41. The molecule has 9 nitrogen and oxygen atoms in total. The van der Waals surface area contributed by atoms with Crippen molar-refractivity contribution in [3.05, 3.63) is 29.8 Å². The molecule has 1 aromatic rings. The summed E-state index contributed by atoms with van der Waals surface area (Å²) in [5.74, 6) is -2.16. The molecule has 2 rings (SSSR count). The zero-order valence-corrected chi connectivity index (χ0v) is 15.5. The molecule has 0 aromatic heterocycles. The smallest absolute Gasteiger partial charge is 0.337 e. The Labute approximate surface area is 154 Å². The number of hydrogen-bond acceptors (Lipinski definition) is 5. The van der Waals surface area contributed by atoms with E-state index in [1.165, 1.54) is 4.90 Å². The number of hydrogen-bond donors (Lipinski definition) is 2. The lowest BCUT2D eigenvalue weighted by Crippen LogP contribution is -2.53. The Hall–Kier alpha value is -1.90. The lowest BCUT2D eigenvalue weighted by Gasteiger charge is -2.31. The van der Waals surface area contributed by atoms with E-state index < -0.39 is 43.0 Å². The van der Waals surface area contributed by atoms with E-state index in [0.717, 1.165) is 12.1 Å². The maximum absolute atomic E-state index is 13.5. The van der Waals surface area contributed by atoms with Gasteiger partial charge in [-0.1, -0.05) is 3.89 Å². The number of piperazine rings is 1. The minimum Gasteiger partial charge on any atom is -0.337 e. The van der Waals surface area contributed by atoms with Crippen molar-refractivity contribution in [1.29, 1.82) is 0 Å². The quantitative estimate of drug-likeness (QED) is 0.478. The average Bonchev–Trinajstić information content (AvgIpc) is 2.57. The minimum atomic E-state index is -4.80. The van der Waals surface area contributed by atoms with E-state index in [4.69, 9.17) is 0 Å². The van der Waals surface area contributed by atoms with E-state index in [-0.39, 0.29) is 39.3 Å². The van der Waals surface area contributed by atoms with Gasteiger partial charge >= 0.3 is 16.4 Å². The number of amides is 2. The highest BCUT2D eigenvalue weighted by Crippen LogP contribution is 2.15. The first kappa shape index (κ1) is 21.4. The van der Waals surface area contributed by atoms with Gasteiger partial charge in [0.05, 0.1) is 0 Å². The topological polar surface area (TPSA) is 116 Å². The number of rotatable bonds is 6. The fraction of sp³-hybridized carbons (Fsp3) is 0.462. The zero-order valence-electron chi connectivity index (χ0n) is 13.9. The third kappa shape index (κ3) is 5.79. The maximum Gasteiger partial charge on any atom is 0.374 e. The highest BCUT2D eigenvalue weighted by molar-refractivity contribution is 7.89. The molecule has 1 aliphatic heterocycles. The molecule has 1 aromatic carbocycles. The van der Waals surface area contributed by atoms with Crippen LogP contribution in [-0.4, -0.2) is 71.3 Å². The lowest BCUT2D eigenvalue weighted by molar-refractivity contribution is 0.170. The maximum atomic E-state index is 13.5. The highest BCUT2D eigenvalue weighted by Gasteiger charge is 2.28. The predicted molar refractivity (Wildman–Crippen MR) is 88.1 cm³/mol. The van der Waals surface area contributed by atoms with E-state index in [2.05, 4.69) is 10.0 Å². The number of nitrogens with zero attached hydrogens (tertiary/aromatic N) is 2. The Bertz CT molecular complexity index is 903. The first-order chi connectivity index (χ1) is 12.5. The van der Waals surface area contributed by atoms with Crippen molar-refractivity contribution in [3.8, 4) is 0 Å². The molecule has 14 heteroatoms. The van der Waals surface area contributed by atoms with Gasteiger partial charge in [-0.15, -0.1) is 0 Å². The molecule has 0 bridgehead atoms. The fourth-order valence-electron chi connectivity index (χ4n) is 2.35. The van der Waals surface area contributed by atoms with Crippen LogP contribution in [0.3, 0.4) is 0 Å². The second-order valence-corrected chi connectivity index (χ2v) is 8.61. The molecular weight excluding hydrogens is 413 g/mol. The van der Waals surface area contributed by atoms with Gasteiger partial charge in [0, 0.05) is 45.3 Å². The van der Waals surface area contributed by atoms with Gasteiger partial charge in [0.1, 0.15) is 16.5 Å². The fourth-order valence-corrected chi connectivity index (χ4v) is 4.04. The number of carbonyl (C=O) groups excluding carboxylic acids is 1. The standard InChI is InChI=1S/C13H17F3N4O5S2/c14-10-1-2-12(11(15)9-10)26(22,23)18-4-3-17-13(21)19-5-7-20(8-6-19)27(16,24)25/h1-2,9,18H,3-8H2,(H,17,21). The van der Waals surface area contributed by atoms with Crippen LogP contribution < -0.4 is 10.0 Å². The van der Waals surface area contributed by atoms with Crippen LogP contribution in [0.2, 0.25) is 0 Å². The van der Waals surface area contributed by atoms with Crippen LogP contribution >= 0.6 is 0 Å². The summed E-state index contributed by atoms with van der Waals surface area (Å²) in [7, 11) is -9.03. The van der Waals surface area contributed by atoms with Crippen LogP contribution in [0.1, 0.15) is 0 Å². The molecule has 0 unspecified atom stereocenters. The van der Waals surface area contributed by atoms with E-state index >= 15 is 0 Å². The van der Waals surface area contributed by atoms with Crippen LogP contribution in [0, 0.1) is 11.6 Å². The summed E-state index contributed by atoms with van der Waals surface area (Å²) in [6, 6.07) is 1.44. The third-order valence-electron chi connectivity index (χ3n) is 3.71. The first-order valence-corrected chi connectivity index (χ1v) is 10.5. The Morgan fingerprint density at radius 2 is 1.67 bits per heavy atom. The highest BCUT2D eigenvalue weighted by atomic mass is 32.3. The molecule has 1 saturated heterocycles. The molecular formula is C13H17F3N4O5S2. The SMILES string of the molecule is O=C(NCCNS(=O)(=O)c1ccc(F)cc1F)N1CCN(S(=O)(=O)F)CC1. The van der Waals surface area contributed by atoms with E-state index in [9.17, 15) is 34.3 Å². The molecule has 2 amide bonds. The summed E-state index contributed by atoms with van der Waals surface area (Å²) in [4.78, 5) is 12.4. The molecule has 1 fully saturated rings. The van der Waals surface area contributed by atoms with Gasteiger partial charge in [0.15, 0.2) is 0 Å². The van der Waals surface area contributed by atoms with Crippen LogP contribution in [0.4, 0.5) is 17.5 Å². The van der Waals surface area contributed by atoms with Crippen LogP contribution in [0.15, 0.2) is 23.1 Å².